The van der Waals surface area contributed by atoms with E-state index >= 15 is 0 Å². The van der Waals surface area contributed by atoms with E-state index in [-0.39, 0.29) is 18.5 Å². The molecule has 0 spiro atoms. The van der Waals surface area contributed by atoms with E-state index in [1.165, 1.54) is 308 Å². The van der Waals surface area contributed by atoms with Gasteiger partial charge in [-0.05, 0) is 64.2 Å². The van der Waals surface area contributed by atoms with E-state index in [0.29, 0.717) is 19.4 Å². The number of hydrogen-bond donors (Lipinski definition) is 3. The van der Waals surface area contributed by atoms with Gasteiger partial charge in [0.15, 0.2) is 0 Å². The van der Waals surface area contributed by atoms with E-state index < -0.39 is 12.1 Å². The summed E-state index contributed by atoms with van der Waals surface area (Å²) in [6, 6.07) is -0.624. The number of carbonyl (C=O) groups is 2. The molecular weight excluding hydrogens is 959 g/mol. The molecule has 0 fully saturated rings. The topological polar surface area (TPSA) is 95.9 Å². The van der Waals surface area contributed by atoms with Gasteiger partial charge in [0.25, 0.3) is 0 Å². The highest BCUT2D eigenvalue weighted by Gasteiger charge is 2.18. The van der Waals surface area contributed by atoms with E-state index in [2.05, 4.69) is 43.5 Å². The maximum atomic E-state index is 12.5. The number of hydrogen-bond acceptors (Lipinski definition) is 5. The Morgan fingerprint density at radius 2 is 0.641 bits per heavy atom. The summed E-state index contributed by atoms with van der Waals surface area (Å²) >= 11 is 0. The van der Waals surface area contributed by atoms with Gasteiger partial charge in [0.2, 0.25) is 5.91 Å². The highest BCUT2D eigenvalue weighted by molar-refractivity contribution is 5.76. The quantitative estimate of drug-likeness (QED) is 0.0320. The summed E-state index contributed by atoms with van der Waals surface area (Å²) < 4.78 is 5.51. The third-order valence-electron chi connectivity index (χ3n) is 16.4. The molecule has 0 bridgehead atoms. The second-order valence-electron chi connectivity index (χ2n) is 24.2. The Morgan fingerprint density at radius 1 is 0.359 bits per heavy atom. The van der Waals surface area contributed by atoms with Crippen LogP contribution < -0.4 is 5.32 Å². The number of aliphatic hydroxyl groups is 2. The first-order chi connectivity index (χ1) is 38.5. The van der Waals surface area contributed by atoms with E-state index in [1.54, 1.807) is 6.08 Å². The normalized spacial score (nSPS) is 12.7. The van der Waals surface area contributed by atoms with Crippen LogP contribution in [0.1, 0.15) is 386 Å². The van der Waals surface area contributed by atoms with Crippen LogP contribution in [-0.4, -0.2) is 47.4 Å². The van der Waals surface area contributed by atoms with Gasteiger partial charge in [-0.15, -0.1) is 0 Å². The van der Waals surface area contributed by atoms with Crippen molar-refractivity contribution in [3.05, 3.63) is 36.5 Å². The molecule has 0 saturated carbocycles. The SMILES string of the molecule is CCCCC/C=C\C/C=C\CCCCCCCCCCCC(=O)OCCCCCCCCCCCCCCCCCCCCCCCCCCCCCCCCC(=O)NC(CO)C(O)/C=C/CCCCCCCCCCCC. The zero-order chi connectivity index (χ0) is 56.4. The molecule has 0 aliphatic heterocycles. The van der Waals surface area contributed by atoms with E-state index in [4.69, 9.17) is 4.74 Å². The molecular formula is C72H137NO5. The highest BCUT2D eigenvalue weighted by atomic mass is 16.5. The Hall–Kier alpha value is -1.92. The lowest BCUT2D eigenvalue weighted by Crippen LogP contribution is -2.45. The lowest BCUT2D eigenvalue weighted by Gasteiger charge is -2.20. The van der Waals surface area contributed by atoms with Gasteiger partial charge in [-0.1, -0.05) is 346 Å². The van der Waals surface area contributed by atoms with Gasteiger partial charge >= 0.3 is 5.97 Å². The standard InChI is InChI=1S/C72H137NO5/c1-3-5-7-9-11-13-15-17-18-19-32-36-39-42-46-50-54-58-62-66-72(77)78-67-63-59-55-51-47-43-40-37-34-31-29-27-25-23-21-20-22-24-26-28-30-33-35-38-41-45-49-53-57-61-65-71(76)73-69(68-74)70(75)64-60-56-52-48-44-16-14-12-10-8-6-4-2/h11,13,17-18,60,64,69-70,74-75H,3-10,12,14-16,19-59,61-63,65-68H2,1-2H3,(H,73,76)/b13-11-,18-17-,64-60+. The van der Waals surface area contributed by atoms with Crippen molar-refractivity contribution in [2.75, 3.05) is 13.2 Å². The van der Waals surface area contributed by atoms with Crippen molar-refractivity contribution >= 4 is 11.9 Å². The second kappa shape index (κ2) is 67.6. The summed E-state index contributed by atoms with van der Waals surface area (Å²) in [5.41, 5.74) is 0. The summed E-state index contributed by atoms with van der Waals surface area (Å²) in [6.07, 6.45) is 86.6. The highest BCUT2D eigenvalue weighted by Crippen LogP contribution is 2.19. The van der Waals surface area contributed by atoms with Gasteiger partial charge in [0, 0.05) is 12.8 Å². The van der Waals surface area contributed by atoms with Gasteiger partial charge in [-0.3, -0.25) is 9.59 Å². The van der Waals surface area contributed by atoms with E-state index in [1.807, 2.05) is 6.08 Å². The molecule has 0 heterocycles. The van der Waals surface area contributed by atoms with Crippen LogP contribution in [0.4, 0.5) is 0 Å². The summed E-state index contributed by atoms with van der Waals surface area (Å²) in [5.74, 6) is -0.0471. The molecule has 1 amide bonds. The van der Waals surface area contributed by atoms with Crippen LogP contribution in [-0.2, 0) is 14.3 Å². The van der Waals surface area contributed by atoms with Crippen molar-refractivity contribution in [2.45, 2.75) is 398 Å². The molecule has 0 radical (unpaired) electrons. The summed E-state index contributed by atoms with van der Waals surface area (Å²) in [5, 5.41) is 23.1. The Morgan fingerprint density at radius 3 is 1.00 bits per heavy atom. The average Bonchev–Trinajstić information content (AvgIpc) is 3.44. The smallest absolute Gasteiger partial charge is 0.305 e. The zero-order valence-corrected chi connectivity index (χ0v) is 52.7. The number of carbonyl (C=O) groups excluding carboxylic acids is 2. The molecule has 6 nitrogen and oxygen atoms in total. The first kappa shape index (κ1) is 76.1. The monoisotopic (exact) mass is 1100 g/mol. The maximum Gasteiger partial charge on any atom is 0.305 e. The molecule has 6 heteroatoms. The minimum Gasteiger partial charge on any atom is -0.466 e. The largest absolute Gasteiger partial charge is 0.466 e. The number of ether oxygens (including phenoxy) is 1. The average molecular weight is 1100 g/mol. The molecule has 78 heavy (non-hydrogen) atoms. The molecule has 0 aliphatic rings. The van der Waals surface area contributed by atoms with Crippen LogP contribution in [0.25, 0.3) is 0 Å². The van der Waals surface area contributed by atoms with Crippen LogP contribution in [0, 0.1) is 0 Å². The molecule has 0 aliphatic carbocycles. The summed E-state index contributed by atoms with van der Waals surface area (Å²) in [7, 11) is 0. The fraction of sp³-hybridized carbons (Fsp3) is 0.889. The predicted octanol–water partition coefficient (Wildman–Crippen LogP) is 22.7. The van der Waals surface area contributed by atoms with Crippen LogP contribution in [0.15, 0.2) is 36.5 Å². The first-order valence-corrected chi connectivity index (χ1v) is 35.3. The van der Waals surface area contributed by atoms with Crippen molar-refractivity contribution in [1.29, 1.82) is 0 Å². The van der Waals surface area contributed by atoms with Crippen molar-refractivity contribution in [3.8, 4) is 0 Å². The molecule has 2 unspecified atom stereocenters. The minimum absolute atomic E-state index is 0.0163. The van der Waals surface area contributed by atoms with Gasteiger partial charge in [0.1, 0.15) is 0 Å². The molecule has 460 valence electrons. The Balaban J connectivity index is 3.32. The van der Waals surface area contributed by atoms with Gasteiger partial charge in [-0.2, -0.15) is 0 Å². The van der Waals surface area contributed by atoms with Crippen LogP contribution >= 0.6 is 0 Å². The fourth-order valence-corrected chi connectivity index (χ4v) is 11.0. The van der Waals surface area contributed by atoms with Crippen LogP contribution in [0.2, 0.25) is 0 Å². The van der Waals surface area contributed by atoms with Gasteiger partial charge in [0.05, 0.1) is 25.4 Å². The summed E-state index contributed by atoms with van der Waals surface area (Å²) in [4.78, 5) is 24.6. The van der Waals surface area contributed by atoms with Crippen molar-refractivity contribution in [3.63, 3.8) is 0 Å². The third kappa shape index (κ3) is 63.3. The summed E-state index contributed by atoms with van der Waals surface area (Å²) in [6.45, 7) is 4.90. The Kier molecular flexibility index (Phi) is 65.9. The molecule has 0 saturated heterocycles. The third-order valence-corrected chi connectivity index (χ3v) is 16.4. The minimum atomic E-state index is -0.840. The Bertz CT molecular complexity index is 1260. The number of aliphatic hydroxyl groups excluding tert-OH is 2. The first-order valence-electron chi connectivity index (χ1n) is 35.3. The number of rotatable bonds is 66. The zero-order valence-electron chi connectivity index (χ0n) is 52.7. The van der Waals surface area contributed by atoms with Gasteiger partial charge < -0.3 is 20.3 Å². The molecule has 3 N–H and O–H groups in total. The molecule has 0 rings (SSSR count). The maximum absolute atomic E-state index is 12.5. The van der Waals surface area contributed by atoms with Crippen molar-refractivity contribution < 1.29 is 24.5 Å². The van der Waals surface area contributed by atoms with Gasteiger partial charge in [-0.25, -0.2) is 0 Å². The second-order valence-corrected chi connectivity index (χ2v) is 24.2. The predicted molar refractivity (Wildman–Crippen MR) is 343 cm³/mol. The van der Waals surface area contributed by atoms with Crippen molar-refractivity contribution in [1.82, 2.24) is 5.32 Å². The van der Waals surface area contributed by atoms with E-state index in [9.17, 15) is 19.8 Å². The van der Waals surface area contributed by atoms with Crippen LogP contribution in [0.5, 0.6) is 0 Å². The number of allylic oxidation sites excluding steroid dienone is 5. The molecule has 0 aromatic rings. The van der Waals surface area contributed by atoms with Crippen LogP contribution in [0.3, 0.4) is 0 Å². The number of amides is 1. The molecule has 0 aromatic carbocycles. The fourth-order valence-electron chi connectivity index (χ4n) is 11.0. The van der Waals surface area contributed by atoms with Crippen molar-refractivity contribution in [2.24, 2.45) is 0 Å². The Labute approximate surface area is 487 Å². The van der Waals surface area contributed by atoms with E-state index in [0.717, 1.165) is 51.4 Å². The molecule has 0 aromatic heterocycles. The molecule has 2 atom stereocenters. The lowest BCUT2D eigenvalue weighted by molar-refractivity contribution is -0.143. The lowest BCUT2D eigenvalue weighted by atomic mass is 10.0. The number of esters is 1. The number of unbranched alkanes of at least 4 members (excludes halogenated alkanes) is 51. The number of nitrogens with one attached hydrogen (secondary N) is 1.